The maximum Gasteiger partial charge on any atom is 0.258 e. The number of imidazole rings is 1. The van der Waals surface area contributed by atoms with E-state index >= 15 is 0 Å². The summed E-state index contributed by atoms with van der Waals surface area (Å²) in [5.74, 6) is 1.78. The van der Waals surface area contributed by atoms with Crippen LogP contribution in [0.15, 0.2) is 48.8 Å². The SMILES string of the molecule is COc1ccccc1OCc1nc2c(C(=O)Nc3c(Cl)cncc3Cl)ccc(OC)c2[nH]1. The summed E-state index contributed by atoms with van der Waals surface area (Å²) in [6.45, 7) is 0.126. The first-order valence-electron chi connectivity index (χ1n) is 9.43. The number of benzene rings is 2. The van der Waals surface area contributed by atoms with Crippen molar-refractivity contribution in [3.8, 4) is 17.2 Å². The number of anilines is 1. The Morgan fingerprint density at radius 2 is 1.69 bits per heavy atom. The summed E-state index contributed by atoms with van der Waals surface area (Å²) in [6.07, 6.45) is 2.79. The van der Waals surface area contributed by atoms with Crippen LogP contribution in [-0.4, -0.2) is 35.1 Å². The molecule has 2 aromatic heterocycles. The third-order valence-corrected chi connectivity index (χ3v) is 5.22. The van der Waals surface area contributed by atoms with Gasteiger partial charge in [-0.05, 0) is 24.3 Å². The number of hydrogen-bond donors (Lipinski definition) is 2. The second kappa shape index (κ2) is 9.33. The molecule has 0 unspecified atom stereocenters. The number of H-pyrrole nitrogens is 1. The number of para-hydroxylation sites is 2. The molecule has 0 aliphatic heterocycles. The number of rotatable bonds is 7. The summed E-state index contributed by atoms with van der Waals surface area (Å²) in [5.41, 5.74) is 1.56. The molecule has 1 amide bonds. The van der Waals surface area contributed by atoms with Crippen LogP contribution in [0.4, 0.5) is 5.69 Å². The number of pyridine rings is 1. The third kappa shape index (κ3) is 4.28. The zero-order chi connectivity index (χ0) is 22.7. The maximum atomic E-state index is 13.0. The van der Waals surface area contributed by atoms with Gasteiger partial charge in [-0.3, -0.25) is 9.78 Å². The summed E-state index contributed by atoms with van der Waals surface area (Å²) in [4.78, 5) is 24.6. The Kier molecular flexibility index (Phi) is 6.34. The van der Waals surface area contributed by atoms with Crippen molar-refractivity contribution in [1.82, 2.24) is 15.0 Å². The number of methoxy groups -OCH3 is 2. The summed E-state index contributed by atoms with van der Waals surface area (Å²) in [5, 5.41) is 3.17. The quantitative estimate of drug-likeness (QED) is 0.387. The molecule has 0 spiro atoms. The van der Waals surface area contributed by atoms with Crippen molar-refractivity contribution in [2.24, 2.45) is 0 Å². The standard InChI is InChI=1S/C22H18Cl2N4O4/c1-30-15-5-3-4-6-16(15)32-11-18-26-19-12(7-8-17(31-2)21(19)27-18)22(29)28-20-13(23)9-25-10-14(20)24/h3-10H,11H2,1-2H3,(H,26,27)(H,25,28,29). The van der Waals surface area contributed by atoms with Crippen LogP contribution in [0.5, 0.6) is 17.2 Å². The largest absolute Gasteiger partial charge is 0.494 e. The fourth-order valence-corrected chi connectivity index (χ4v) is 3.59. The summed E-state index contributed by atoms with van der Waals surface area (Å²) < 4.78 is 16.6. The number of fused-ring (bicyclic) bond motifs is 1. The zero-order valence-corrected chi connectivity index (χ0v) is 18.6. The molecular weight excluding hydrogens is 455 g/mol. The average molecular weight is 473 g/mol. The molecule has 2 aromatic carbocycles. The second-order valence-corrected chi connectivity index (χ2v) is 7.41. The first-order valence-corrected chi connectivity index (χ1v) is 10.2. The number of nitrogens with one attached hydrogen (secondary N) is 2. The van der Waals surface area contributed by atoms with E-state index in [0.29, 0.717) is 39.7 Å². The minimum Gasteiger partial charge on any atom is -0.494 e. The van der Waals surface area contributed by atoms with Crippen LogP contribution in [-0.2, 0) is 6.61 Å². The number of ether oxygens (including phenoxy) is 3. The highest BCUT2D eigenvalue weighted by atomic mass is 35.5. The van der Waals surface area contributed by atoms with E-state index in [1.54, 1.807) is 31.4 Å². The Bertz CT molecular complexity index is 1270. The fraction of sp³-hybridized carbons (Fsp3) is 0.136. The van der Waals surface area contributed by atoms with Gasteiger partial charge in [0.25, 0.3) is 5.91 Å². The van der Waals surface area contributed by atoms with Gasteiger partial charge in [0.1, 0.15) is 29.2 Å². The van der Waals surface area contributed by atoms with Crippen LogP contribution < -0.4 is 19.5 Å². The van der Waals surface area contributed by atoms with Gasteiger partial charge in [0, 0.05) is 12.4 Å². The zero-order valence-electron chi connectivity index (χ0n) is 17.1. The summed E-state index contributed by atoms with van der Waals surface area (Å²) >= 11 is 12.3. The van der Waals surface area contributed by atoms with Crippen LogP contribution in [0.3, 0.4) is 0 Å². The van der Waals surface area contributed by atoms with Crippen LogP contribution in [0, 0.1) is 0 Å². The molecule has 10 heteroatoms. The number of aromatic nitrogens is 3. The molecule has 164 valence electrons. The van der Waals surface area contributed by atoms with Crippen molar-refractivity contribution in [3.63, 3.8) is 0 Å². The topological polar surface area (TPSA) is 98.4 Å². The van der Waals surface area contributed by atoms with Crippen LogP contribution in [0.1, 0.15) is 16.2 Å². The molecule has 0 atom stereocenters. The highest BCUT2D eigenvalue weighted by Gasteiger charge is 2.19. The predicted molar refractivity (Wildman–Crippen MR) is 122 cm³/mol. The first-order chi connectivity index (χ1) is 15.5. The Morgan fingerprint density at radius 3 is 2.38 bits per heavy atom. The summed E-state index contributed by atoms with van der Waals surface area (Å²) in [7, 11) is 3.11. The minimum atomic E-state index is -0.434. The molecule has 2 N–H and O–H groups in total. The van der Waals surface area contributed by atoms with Crippen molar-refractivity contribution in [2.75, 3.05) is 19.5 Å². The molecule has 0 fully saturated rings. The van der Waals surface area contributed by atoms with Crippen molar-refractivity contribution in [3.05, 3.63) is 70.2 Å². The van der Waals surface area contributed by atoms with E-state index in [9.17, 15) is 4.79 Å². The molecule has 8 nitrogen and oxygen atoms in total. The molecule has 0 radical (unpaired) electrons. The van der Waals surface area contributed by atoms with Crippen molar-refractivity contribution < 1.29 is 19.0 Å². The van der Waals surface area contributed by atoms with Crippen LogP contribution >= 0.6 is 23.2 Å². The molecule has 2 heterocycles. The van der Waals surface area contributed by atoms with Gasteiger partial charge in [-0.15, -0.1) is 0 Å². The number of nitrogens with zero attached hydrogens (tertiary/aromatic N) is 2. The number of halogens is 2. The number of carbonyl (C=O) groups is 1. The van der Waals surface area contributed by atoms with E-state index in [1.165, 1.54) is 19.5 Å². The lowest BCUT2D eigenvalue weighted by atomic mass is 10.1. The molecule has 0 aliphatic rings. The van der Waals surface area contributed by atoms with Crippen molar-refractivity contribution >= 4 is 45.8 Å². The number of amides is 1. The maximum absolute atomic E-state index is 13.0. The van der Waals surface area contributed by atoms with Gasteiger partial charge in [0.2, 0.25) is 0 Å². The van der Waals surface area contributed by atoms with Gasteiger partial charge in [-0.1, -0.05) is 35.3 Å². The van der Waals surface area contributed by atoms with Crippen LogP contribution in [0.2, 0.25) is 10.0 Å². The predicted octanol–water partition coefficient (Wildman–Crippen LogP) is 5.11. The minimum absolute atomic E-state index is 0.126. The Labute approximate surface area is 193 Å². The highest BCUT2D eigenvalue weighted by Crippen LogP contribution is 2.32. The molecule has 4 rings (SSSR count). The van der Waals surface area contributed by atoms with Gasteiger partial charge in [-0.25, -0.2) is 4.98 Å². The van der Waals surface area contributed by atoms with Crippen molar-refractivity contribution in [1.29, 1.82) is 0 Å². The Morgan fingerprint density at radius 1 is 1.00 bits per heavy atom. The van der Waals surface area contributed by atoms with Gasteiger partial charge in [-0.2, -0.15) is 0 Å². The molecule has 0 aliphatic carbocycles. The lowest BCUT2D eigenvalue weighted by Crippen LogP contribution is -2.13. The average Bonchev–Trinajstić information content (AvgIpc) is 3.23. The molecule has 0 saturated carbocycles. The van der Waals surface area contributed by atoms with Gasteiger partial charge in [0.05, 0.1) is 35.5 Å². The van der Waals surface area contributed by atoms with E-state index in [1.807, 2.05) is 12.1 Å². The highest BCUT2D eigenvalue weighted by molar-refractivity contribution is 6.39. The van der Waals surface area contributed by atoms with Gasteiger partial charge >= 0.3 is 0 Å². The molecule has 0 bridgehead atoms. The monoisotopic (exact) mass is 472 g/mol. The number of hydrogen-bond acceptors (Lipinski definition) is 6. The van der Waals surface area contributed by atoms with E-state index in [-0.39, 0.29) is 22.3 Å². The van der Waals surface area contributed by atoms with E-state index < -0.39 is 5.91 Å². The van der Waals surface area contributed by atoms with Gasteiger partial charge < -0.3 is 24.5 Å². The second-order valence-electron chi connectivity index (χ2n) is 6.59. The lowest BCUT2D eigenvalue weighted by molar-refractivity contribution is 0.102. The smallest absolute Gasteiger partial charge is 0.258 e. The Hall–Kier alpha value is -3.49. The molecule has 0 saturated heterocycles. The third-order valence-electron chi connectivity index (χ3n) is 4.65. The summed E-state index contributed by atoms with van der Waals surface area (Å²) in [6, 6.07) is 10.6. The molecular formula is C22H18Cl2N4O4. The fourth-order valence-electron chi connectivity index (χ4n) is 3.13. The molecule has 4 aromatic rings. The van der Waals surface area contributed by atoms with E-state index in [2.05, 4.69) is 20.3 Å². The molecule has 32 heavy (non-hydrogen) atoms. The lowest BCUT2D eigenvalue weighted by Gasteiger charge is -2.10. The van der Waals surface area contributed by atoms with Gasteiger partial charge in [0.15, 0.2) is 11.5 Å². The number of aromatic amines is 1. The van der Waals surface area contributed by atoms with E-state index in [0.717, 1.165) is 0 Å². The van der Waals surface area contributed by atoms with Crippen molar-refractivity contribution in [2.45, 2.75) is 6.61 Å². The van der Waals surface area contributed by atoms with Crippen LogP contribution in [0.25, 0.3) is 11.0 Å². The first kappa shape index (κ1) is 21.7. The van der Waals surface area contributed by atoms with E-state index in [4.69, 9.17) is 37.4 Å². The number of carbonyl (C=O) groups excluding carboxylic acids is 1. The Balaban J connectivity index is 1.65. The normalized spacial score (nSPS) is 10.8.